The third-order valence-corrected chi connectivity index (χ3v) is 4.86. The third-order valence-electron chi connectivity index (χ3n) is 4.52. The van der Waals surface area contributed by atoms with E-state index in [0.717, 1.165) is 22.1 Å². The minimum atomic E-state index is -0.630. The number of nitrogens with two attached hydrogens (primary N) is 1. The fourth-order valence-electron chi connectivity index (χ4n) is 2.85. The molecule has 3 rings (SSSR count). The highest BCUT2D eigenvalue weighted by molar-refractivity contribution is 6.33. The number of hydrogen-bond donors (Lipinski definition) is 1. The van der Waals surface area contributed by atoms with Crippen molar-refractivity contribution in [1.29, 1.82) is 0 Å². The van der Waals surface area contributed by atoms with Gasteiger partial charge in [-0.05, 0) is 52.7 Å². The summed E-state index contributed by atoms with van der Waals surface area (Å²) in [6.45, 7) is 0.0366. The number of halogens is 1. The molecule has 0 radical (unpaired) electrons. The number of benzene rings is 3. The number of nitrogen functional groups attached to an aromatic ring is 1. The zero-order valence-corrected chi connectivity index (χ0v) is 16.9. The van der Waals surface area contributed by atoms with Crippen molar-refractivity contribution < 1.29 is 19.1 Å². The quantitative estimate of drug-likeness (QED) is 0.490. The first-order chi connectivity index (χ1) is 13.9. The lowest BCUT2D eigenvalue weighted by atomic mass is 10.1. The first-order valence-electron chi connectivity index (χ1n) is 8.90. The summed E-state index contributed by atoms with van der Waals surface area (Å²) in [6, 6.07) is 16.2. The number of likely N-dealkylation sites (N-methyl/N-ethyl adjacent to an activating group) is 1. The normalized spacial score (nSPS) is 10.6. The molecule has 0 heterocycles. The summed E-state index contributed by atoms with van der Waals surface area (Å²) in [5.74, 6) is -0.147. The number of fused-ring (bicyclic) bond motifs is 1. The first-order valence-corrected chi connectivity index (χ1v) is 9.28. The molecule has 0 aliphatic carbocycles. The van der Waals surface area contributed by atoms with Gasteiger partial charge in [0.15, 0.2) is 6.61 Å². The van der Waals surface area contributed by atoms with Gasteiger partial charge in [-0.1, -0.05) is 29.8 Å². The average molecular weight is 413 g/mol. The van der Waals surface area contributed by atoms with Crippen molar-refractivity contribution >= 4 is 39.9 Å². The number of anilines is 1. The number of amides is 1. The Morgan fingerprint density at radius 2 is 1.76 bits per heavy atom. The SMILES string of the molecule is COc1ccc2cc(CN(C)C(=O)COC(=O)c3ccc(Cl)c(N)c3)ccc2c1. The smallest absolute Gasteiger partial charge is 0.338 e. The van der Waals surface area contributed by atoms with Crippen LogP contribution in [0.3, 0.4) is 0 Å². The lowest BCUT2D eigenvalue weighted by Crippen LogP contribution is -2.30. The maximum absolute atomic E-state index is 12.3. The second kappa shape index (κ2) is 8.84. The minimum Gasteiger partial charge on any atom is -0.497 e. The molecule has 0 saturated carbocycles. The second-order valence-corrected chi connectivity index (χ2v) is 7.02. The van der Waals surface area contributed by atoms with Crippen LogP contribution in [0.5, 0.6) is 5.75 Å². The van der Waals surface area contributed by atoms with Crippen LogP contribution in [0.1, 0.15) is 15.9 Å². The standard InChI is InChI=1S/C22H21ClN2O4/c1-25(12-14-3-4-16-10-18(28-2)7-5-15(16)9-14)21(26)13-29-22(27)17-6-8-19(23)20(24)11-17/h3-11H,12-13,24H2,1-2H3. The van der Waals surface area contributed by atoms with E-state index in [1.807, 2.05) is 36.4 Å². The Bertz CT molecular complexity index is 1070. The van der Waals surface area contributed by atoms with Gasteiger partial charge in [-0.3, -0.25) is 4.79 Å². The van der Waals surface area contributed by atoms with Crippen LogP contribution in [0.15, 0.2) is 54.6 Å². The molecule has 29 heavy (non-hydrogen) atoms. The van der Waals surface area contributed by atoms with E-state index in [0.29, 0.717) is 11.6 Å². The summed E-state index contributed by atoms with van der Waals surface area (Å²) in [7, 11) is 3.29. The lowest BCUT2D eigenvalue weighted by molar-refractivity contribution is -0.133. The van der Waals surface area contributed by atoms with E-state index in [9.17, 15) is 9.59 Å². The predicted octanol–water partition coefficient (Wildman–Crippen LogP) is 3.90. The fourth-order valence-corrected chi connectivity index (χ4v) is 2.97. The molecule has 0 aliphatic heterocycles. The number of rotatable bonds is 6. The molecule has 0 fully saturated rings. The van der Waals surface area contributed by atoms with E-state index in [4.69, 9.17) is 26.8 Å². The van der Waals surface area contributed by atoms with Gasteiger partial charge >= 0.3 is 5.97 Å². The summed E-state index contributed by atoms with van der Waals surface area (Å²) in [5.41, 5.74) is 7.17. The topological polar surface area (TPSA) is 81.9 Å². The Morgan fingerprint density at radius 3 is 2.48 bits per heavy atom. The van der Waals surface area contributed by atoms with Crippen molar-refractivity contribution in [2.45, 2.75) is 6.54 Å². The Morgan fingerprint density at radius 1 is 1.03 bits per heavy atom. The zero-order chi connectivity index (χ0) is 21.0. The molecule has 0 saturated heterocycles. The van der Waals surface area contributed by atoms with Crippen LogP contribution in [0, 0.1) is 0 Å². The Balaban J connectivity index is 1.59. The van der Waals surface area contributed by atoms with Crippen LogP contribution < -0.4 is 10.5 Å². The number of methoxy groups -OCH3 is 1. The highest BCUT2D eigenvalue weighted by atomic mass is 35.5. The van der Waals surface area contributed by atoms with Crippen LogP contribution in [0.4, 0.5) is 5.69 Å². The molecule has 0 spiro atoms. The van der Waals surface area contributed by atoms with E-state index in [2.05, 4.69) is 0 Å². The number of hydrogen-bond acceptors (Lipinski definition) is 5. The zero-order valence-electron chi connectivity index (χ0n) is 16.1. The second-order valence-electron chi connectivity index (χ2n) is 6.61. The number of ether oxygens (including phenoxy) is 2. The minimum absolute atomic E-state index is 0.243. The largest absolute Gasteiger partial charge is 0.497 e. The predicted molar refractivity (Wildman–Crippen MR) is 113 cm³/mol. The van der Waals surface area contributed by atoms with E-state index in [1.165, 1.54) is 23.1 Å². The summed E-state index contributed by atoms with van der Waals surface area (Å²) in [5, 5.41) is 2.46. The van der Waals surface area contributed by atoms with Gasteiger partial charge in [0.1, 0.15) is 5.75 Å². The molecule has 3 aromatic carbocycles. The average Bonchev–Trinajstić information content (AvgIpc) is 2.73. The molecule has 150 valence electrons. The highest BCUT2D eigenvalue weighted by Gasteiger charge is 2.15. The summed E-state index contributed by atoms with van der Waals surface area (Å²) < 4.78 is 10.3. The number of carbonyl (C=O) groups excluding carboxylic acids is 2. The maximum atomic E-state index is 12.3. The van der Waals surface area contributed by atoms with E-state index in [1.54, 1.807) is 14.2 Å². The molecule has 2 N–H and O–H groups in total. The van der Waals surface area contributed by atoms with Gasteiger partial charge in [0.25, 0.3) is 5.91 Å². The molecule has 6 nitrogen and oxygen atoms in total. The van der Waals surface area contributed by atoms with Crippen LogP contribution in [0.25, 0.3) is 10.8 Å². The van der Waals surface area contributed by atoms with Crippen LogP contribution >= 0.6 is 11.6 Å². The van der Waals surface area contributed by atoms with Gasteiger partial charge < -0.3 is 20.1 Å². The van der Waals surface area contributed by atoms with Crippen LogP contribution in [0.2, 0.25) is 5.02 Å². The molecule has 3 aromatic rings. The van der Waals surface area contributed by atoms with Gasteiger partial charge in [0.05, 0.1) is 23.4 Å². The molecule has 0 aliphatic rings. The van der Waals surface area contributed by atoms with E-state index in [-0.39, 0.29) is 23.8 Å². The molecule has 1 amide bonds. The molecule has 0 atom stereocenters. The van der Waals surface area contributed by atoms with Crippen LogP contribution in [-0.4, -0.2) is 37.5 Å². The van der Waals surface area contributed by atoms with Crippen molar-refractivity contribution in [2.75, 3.05) is 26.5 Å². The molecule has 0 bridgehead atoms. The summed E-state index contributed by atoms with van der Waals surface area (Å²) in [4.78, 5) is 25.9. The van der Waals surface area contributed by atoms with Crippen molar-refractivity contribution in [3.05, 3.63) is 70.7 Å². The van der Waals surface area contributed by atoms with Crippen molar-refractivity contribution in [1.82, 2.24) is 4.90 Å². The van der Waals surface area contributed by atoms with Gasteiger partial charge in [-0.2, -0.15) is 0 Å². The van der Waals surface area contributed by atoms with Gasteiger partial charge in [-0.15, -0.1) is 0 Å². The lowest BCUT2D eigenvalue weighted by Gasteiger charge is -2.17. The molecule has 0 aromatic heterocycles. The van der Waals surface area contributed by atoms with Gasteiger partial charge in [0.2, 0.25) is 0 Å². The monoisotopic (exact) mass is 412 g/mol. The van der Waals surface area contributed by atoms with Crippen molar-refractivity contribution in [3.63, 3.8) is 0 Å². The Labute approximate surface area is 173 Å². The summed E-state index contributed by atoms with van der Waals surface area (Å²) in [6.07, 6.45) is 0. The third kappa shape index (κ3) is 4.97. The molecule has 0 unspecified atom stereocenters. The van der Waals surface area contributed by atoms with Crippen molar-refractivity contribution in [3.8, 4) is 5.75 Å². The highest BCUT2D eigenvalue weighted by Crippen LogP contribution is 2.22. The van der Waals surface area contributed by atoms with E-state index < -0.39 is 5.97 Å². The Kier molecular flexibility index (Phi) is 6.24. The van der Waals surface area contributed by atoms with Crippen LogP contribution in [-0.2, 0) is 16.1 Å². The number of carbonyl (C=O) groups is 2. The van der Waals surface area contributed by atoms with Crippen molar-refractivity contribution in [2.24, 2.45) is 0 Å². The van der Waals surface area contributed by atoms with Gasteiger partial charge in [-0.25, -0.2) is 4.79 Å². The number of esters is 1. The maximum Gasteiger partial charge on any atom is 0.338 e. The summed E-state index contributed by atoms with van der Waals surface area (Å²) >= 11 is 5.84. The first kappa shape index (κ1) is 20.5. The fraction of sp³-hybridized carbons (Fsp3) is 0.182. The van der Waals surface area contributed by atoms with E-state index >= 15 is 0 Å². The Hall–Kier alpha value is -3.25. The number of nitrogens with zero attached hydrogens (tertiary/aromatic N) is 1. The molecular formula is C22H21ClN2O4. The molecule has 7 heteroatoms. The van der Waals surface area contributed by atoms with Gasteiger partial charge in [0, 0.05) is 13.6 Å². The molecular weight excluding hydrogens is 392 g/mol.